The van der Waals surface area contributed by atoms with Crippen molar-refractivity contribution in [1.82, 2.24) is 15.5 Å². The van der Waals surface area contributed by atoms with Crippen molar-refractivity contribution in [3.05, 3.63) is 34.3 Å². The van der Waals surface area contributed by atoms with Crippen LogP contribution in [-0.2, 0) is 6.18 Å². The van der Waals surface area contributed by atoms with Crippen molar-refractivity contribution in [3.63, 3.8) is 0 Å². The van der Waals surface area contributed by atoms with Crippen LogP contribution in [-0.4, -0.2) is 40.5 Å². The van der Waals surface area contributed by atoms with Gasteiger partial charge in [-0.05, 0) is 56.7 Å². The molecule has 168 valence electrons. The predicted molar refractivity (Wildman–Crippen MR) is 109 cm³/mol. The Labute approximate surface area is 177 Å². The number of aliphatic hydroxyl groups is 1. The molecule has 11 heteroatoms. The Balaban J connectivity index is 0.00000320. The molecular weight excluding hydrogens is 425 g/mol. The van der Waals surface area contributed by atoms with E-state index in [1.165, 1.54) is 12.1 Å². The van der Waals surface area contributed by atoms with Crippen LogP contribution >= 0.6 is 12.4 Å². The summed E-state index contributed by atoms with van der Waals surface area (Å²) in [7, 11) is 0. The van der Waals surface area contributed by atoms with Gasteiger partial charge in [-0.2, -0.15) is 13.2 Å². The monoisotopic (exact) mass is 450 g/mol. The van der Waals surface area contributed by atoms with Crippen LogP contribution in [0.15, 0.2) is 27.4 Å². The highest BCUT2D eigenvalue weighted by molar-refractivity contribution is 5.85. The number of hydrogen-bond acceptors (Lipinski definition) is 6. The zero-order valence-corrected chi connectivity index (χ0v) is 17.3. The summed E-state index contributed by atoms with van der Waals surface area (Å²) in [6, 6.07) is 3.68. The van der Waals surface area contributed by atoms with Gasteiger partial charge >= 0.3 is 11.9 Å². The first-order valence-electron chi connectivity index (χ1n) is 9.66. The quantitative estimate of drug-likeness (QED) is 0.515. The molecule has 1 saturated carbocycles. The van der Waals surface area contributed by atoms with Crippen molar-refractivity contribution in [2.75, 3.05) is 18.5 Å². The number of aliphatic hydroxyl groups excluding tert-OH is 1. The molecule has 1 heterocycles. The van der Waals surface area contributed by atoms with Gasteiger partial charge in [0.15, 0.2) is 0 Å². The number of anilines is 1. The molecule has 0 bridgehead atoms. The largest absolute Gasteiger partial charge is 0.434 e. The summed E-state index contributed by atoms with van der Waals surface area (Å²) in [4.78, 5) is 11.2. The van der Waals surface area contributed by atoms with E-state index in [4.69, 9.17) is 9.52 Å². The van der Waals surface area contributed by atoms with E-state index >= 15 is 0 Å². The average Bonchev–Trinajstić information content (AvgIpc) is 3.12. The molecular formula is C19H26ClF3N4O3. The molecule has 0 amide bonds. The fourth-order valence-electron chi connectivity index (χ4n) is 3.85. The molecule has 1 atom stereocenters. The third-order valence-electron chi connectivity index (χ3n) is 5.42. The molecule has 1 aromatic carbocycles. The van der Waals surface area contributed by atoms with E-state index in [-0.39, 0.29) is 48.1 Å². The number of nitrogens with zero attached hydrogens (tertiary/aromatic N) is 1. The van der Waals surface area contributed by atoms with Gasteiger partial charge in [-0.3, -0.25) is 0 Å². The SMILES string of the molecule is C[C@H](Nc1cc(-c2n[nH]c(=O)o2)ccc1C(F)(F)F)C1CCC(NCCO)CC1.Cl. The first-order chi connectivity index (χ1) is 13.8. The normalized spacial score (nSPS) is 20.4. The molecule has 4 N–H and O–H groups in total. The van der Waals surface area contributed by atoms with E-state index in [1.807, 2.05) is 6.92 Å². The number of hydrogen-bond donors (Lipinski definition) is 4. The molecule has 2 aromatic rings. The van der Waals surface area contributed by atoms with Gasteiger partial charge in [0.2, 0.25) is 5.89 Å². The summed E-state index contributed by atoms with van der Waals surface area (Å²) in [6.07, 6.45) is -0.916. The zero-order chi connectivity index (χ0) is 21.0. The highest BCUT2D eigenvalue weighted by Crippen LogP contribution is 2.38. The summed E-state index contributed by atoms with van der Waals surface area (Å²) in [5.41, 5.74) is -0.555. The molecule has 0 spiro atoms. The van der Waals surface area contributed by atoms with Crippen LogP contribution < -0.4 is 16.4 Å². The molecule has 3 rings (SSSR count). The van der Waals surface area contributed by atoms with E-state index in [1.54, 1.807) is 0 Å². The number of H-pyrrole nitrogens is 1. The molecule has 0 unspecified atom stereocenters. The maximum absolute atomic E-state index is 13.5. The first kappa shape index (κ1) is 24.2. The highest BCUT2D eigenvalue weighted by Gasteiger charge is 2.35. The Hall–Kier alpha value is -2.04. The molecule has 1 aliphatic carbocycles. The zero-order valence-electron chi connectivity index (χ0n) is 16.5. The Kier molecular flexibility index (Phi) is 8.34. The maximum atomic E-state index is 13.5. The van der Waals surface area contributed by atoms with Gasteiger partial charge in [-0.1, -0.05) is 0 Å². The van der Waals surface area contributed by atoms with Crippen LogP contribution in [0, 0.1) is 5.92 Å². The van der Waals surface area contributed by atoms with Gasteiger partial charge in [0.05, 0.1) is 12.2 Å². The van der Waals surface area contributed by atoms with Crippen LogP contribution in [0.25, 0.3) is 11.5 Å². The van der Waals surface area contributed by atoms with Crippen LogP contribution in [0.4, 0.5) is 18.9 Å². The van der Waals surface area contributed by atoms with Crippen molar-refractivity contribution < 1.29 is 22.7 Å². The minimum absolute atomic E-state index is 0. The number of halogens is 4. The molecule has 30 heavy (non-hydrogen) atoms. The predicted octanol–water partition coefficient (Wildman–Crippen LogP) is 3.41. The molecule has 0 radical (unpaired) electrons. The third-order valence-corrected chi connectivity index (χ3v) is 5.42. The van der Waals surface area contributed by atoms with Crippen molar-refractivity contribution >= 4 is 18.1 Å². The summed E-state index contributed by atoms with van der Waals surface area (Å²) in [5, 5.41) is 21.0. The Morgan fingerprint density at radius 1 is 1.30 bits per heavy atom. The highest BCUT2D eigenvalue weighted by atomic mass is 35.5. The standard InChI is InChI=1S/C19H25F3N4O3.ClH/c1-11(12-2-5-14(6-3-12)23-8-9-27)24-16-10-13(17-25-26-18(28)29-17)4-7-15(16)19(20,21)22;/h4,7,10-12,14,23-24,27H,2-3,5-6,8-9H2,1H3,(H,26,28);1H/t11-,12?,14?;/m0./s1. The Morgan fingerprint density at radius 2 is 2.00 bits per heavy atom. The topological polar surface area (TPSA) is 103 Å². The summed E-state index contributed by atoms with van der Waals surface area (Å²) < 4.78 is 45.3. The minimum atomic E-state index is -4.52. The van der Waals surface area contributed by atoms with E-state index in [2.05, 4.69) is 20.8 Å². The van der Waals surface area contributed by atoms with E-state index in [0.717, 1.165) is 31.7 Å². The van der Waals surface area contributed by atoms with Crippen molar-refractivity contribution in [1.29, 1.82) is 0 Å². The van der Waals surface area contributed by atoms with Gasteiger partial charge < -0.3 is 20.2 Å². The number of alkyl halides is 3. The van der Waals surface area contributed by atoms with Crippen LogP contribution in [0.1, 0.15) is 38.2 Å². The lowest BCUT2D eigenvalue weighted by Gasteiger charge is -2.34. The number of aromatic nitrogens is 2. The second-order valence-electron chi connectivity index (χ2n) is 7.40. The van der Waals surface area contributed by atoms with Gasteiger partial charge in [0, 0.05) is 29.9 Å². The van der Waals surface area contributed by atoms with Crippen molar-refractivity contribution in [3.8, 4) is 11.5 Å². The van der Waals surface area contributed by atoms with Crippen molar-refractivity contribution in [2.45, 2.75) is 50.9 Å². The average molecular weight is 451 g/mol. The molecule has 0 aliphatic heterocycles. The van der Waals surface area contributed by atoms with Gasteiger partial charge in [0.25, 0.3) is 0 Å². The summed E-state index contributed by atoms with van der Waals surface area (Å²) >= 11 is 0. The number of nitrogens with one attached hydrogen (secondary N) is 3. The van der Waals surface area contributed by atoms with E-state index in [0.29, 0.717) is 12.6 Å². The second-order valence-corrected chi connectivity index (χ2v) is 7.40. The molecule has 7 nitrogen and oxygen atoms in total. The van der Waals surface area contributed by atoms with Gasteiger partial charge in [-0.25, -0.2) is 9.89 Å². The van der Waals surface area contributed by atoms with E-state index < -0.39 is 17.5 Å². The fraction of sp³-hybridized carbons (Fsp3) is 0.579. The Bertz CT molecular complexity index is 863. The summed E-state index contributed by atoms with van der Waals surface area (Å²) in [5.74, 6) is -0.598. The molecule has 1 aromatic heterocycles. The minimum Gasteiger partial charge on any atom is -0.395 e. The number of aromatic amines is 1. The van der Waals surface area contributed by atoms with Crippen LogP contribution in [0.5, 0.6) is 0 Å². The third kappa shape index (κ3) is 5.99. The fourth-order valence-corrected chi connectivity index (χ4v) is 3.85. The Morgan fingerprint density at radius 3 is 2.57 bits per heavy atom. The van der Waals surface area contributed by atoms with Crippen molar-refractivity contribution in [2.24, 2.45) is 5.92 Å². The van der Waals surface area contributed by atoms with Gasteiger partial charge in [0.1, 0.15) is 0 Å². The molecule has 1 aliphatic rings. The lowest BCUT2D eigenvalue weighted by atomic mass is 9.82. The number of rotatable bonds is 7. The number of benzene rings is 1. The smallest absolute Gasteiger partial charge is 0.395 e. The lowest BCUT2D eigenvalue weighted by Crippen LogP contribution is -2.38. The lowest BCUT2D eigenvalue weighted by molar-refractivity contribution is -0.137. The van der Waals surface area contributed by atoms with Gasteiger partial charge in [-0.15, -0.1) is 17.5 Å². The molecule has 0 saturated heterocycles. The molecule has 1 fully saturated rings. The first-order valence-corrected chi connectivity index (χ1v) is 9.66. The van der Waals surface area contributed by atoms with E-state index in [9.17, 15) is 18.0 Å². The van der Waals surface area contributed by atoms with Crippen LogP contribution in [0.3, 0.4) is 0 Å². The second kappa shape index (κ2) is 10.3. The summed E-state index contributed by atoms with van der Waals surface area (Å²) in [6.45, 7) is 2.52. The van der Waals surface area contributed by atoms with Crippen LogP contribution in [0.2, 0.25) is 0 Å². The maximum Gasteiger partial charge on any atom is 0.434 e.